The number of nitrogens with one attached hydrogen (secondary N) is 1. The summed E-state index contributed by atoms with van der Waals surface area (Å²) < 4.78 is 14.2. The number of anilines is 1. The van der Waals surface area contributed by atoms with Crippen molar-refractivity contribution in [2.45, 2.75) is 31.9 Å². The lowest BCUT2D eigenvalue weighted by Gasteiger charge is -2.35. The van der Waals surface area contributed by atoms with Gasteiger partial charge < -0.3 is 15.3 Å². The summed E-state index contributed by atoms with van der Waals surface area (Å²) in [4.78, 5) is 22.7. The molecule has 4 atom stereocenters. The highest BCUT2D eigenvalue weighted by atomic mass is 19.1. The zero-order chi connectivity index (χ0) is 19.0. The van der Waals surface area contributed by atoms with Gasteiger partial charge in [-0.05, 0) is 49.3 Å². The number of fused-ring (bicyclic) bond motifs is 1. The standard InChI is InChI=1S/C20H23FN4O2/c1-12-2-3-15(16(21)6-12)20(27)25-10-13-7-17(18(26)8-14(13)11-25)24-19-9-22-4-5-23-19/h2-6,9,13-14,17-18,26H,7-8,10-11H2,1H3,(H,23,24)/t13-,14+,17-,18-/m1/s1. The Balaban J connectivity index is 1.44. The van der Waals surface area contributed by atoms with Crippen LogP contribution in [0.25, 0.3) is 0 Å². The Morgan fingerprint density at radius 1 is 1.26 bits per heavy atom. The third kappa shape index (κ3) is 3.64. The molecule has 2 N–H and O–H groups in total. The van der Waals surface area contributed by atoms with Crippen LogP contribution >= 0.6 is 0 Å². The maximum Gasteiger partial charge on any atom is 0.256 e. The Labute approximate surface area is 157 Å². The van der Waals surface area contributed by atoms with Gasteiger partial charge in [0.05, 0.1) is 23.9 Å². The zero-order valence-corrected chi connectivity index (χ0v) is 15.2. The van der Waals surface area contributed by atoms with E-state index in [1.54, 1.807) is 42.5 Å². The molecule has 1 saturated heterocycles. The molecule has 7 heteroatoms. The second-order valence-electron chi connectivity index (χ2n) is 7.59. The summed E-state index contributed by atoms with van der Waals surface area (Å²) in [6.45, 7) is 2.95. The van der Waals surface area contributed by atoms with Crippen LogP contribution in [0, 0.1) is 24.6 Å². The van der Waals surface area contributed by atoms with Crippen molar-refractivity contribution in [3.8, 4) is 0 Å². The van der Waals surface area contributed by atoms with Gasteiger partial charge in [0.25, 0.3) is 5.91 Å². The van der Waals surface area contributed by atoms with Gasteiger partial charge in [-0.15, -0.1) is 0 Å². The lowest BCUT2D eigenvalue weighted by Crippen LogP contribution is -2.43. The molecule has 2 heterocycles. The van der Waals surface area contributed by atoms with Crippen molar-refractivity contribution >= 4 is 11.7 Å². The van der Waals surface area contributed by atoms with E-state index in [4.69, 9.17) is 0 Å². The van der Waals surface area contributed by atoms with Crippen molar-refractivity contribution in [2.24, 2.45) is 11.8 Å². The average Bonchev–Trinajstić information content (AvgIpc) is 3.05. The van der Waals surface area contributed by atoms with E-state index in [2.05, 4.69) is 15.3 Å². The van der Waals surface area contributed by atoms with Crippen LogP contribution < -0.4 is 5.32 Å². The van der Waals surface area contributed by atoms with Gasteiger partial charge in [0, 0.05) is 25.5 Å². The summed E-state index contributed by atoms with van der Waals surface area (Å²) in [5.41, 5.74) is 0.911. The van der Waals surface area contributed by atoms with Crippen LogP contribution in [0.15, 0.2) is 36.8 Å². The predicted octanol–water partition coefficient (Wildman–Crippen LogP) is 2.25. The number of amides is 1. The van der Waals surface area contributed by atoms with E-state index < -0.39 is 11.9 Å². The van der Waals surface area contributed by atoms with Crippen molar-refractivity contribution < 1.29 is 14.3 Å². The maximum absolute atomic E-state index is 14.2. The molecule has 1 aliphatic carbocycles. The van der Waals surface area contributed by atoms with Gasteiger partial charge in [-0.25, -0.2) is 9.37 Å². The van der Waals surface area contributed by atoms with Gasteiger partial charge in [0.2, 0.25) is 0 Å². The third-order valence-corrected chi connectivity index (χ3v) is 5.68. The van der Waals surface area contributed by atoms with Crippen LogP contribution in [-0.2, 0) is 0 Å². The number of aliphatic hydroxyl groups is 1. The number of hydrogen-bond acceptors (Lipinski definition) is 5. The minimum atomic E-state index is -0.514. The first-order valence-electron chi connectivity index (χ1n) is 9.27. The number of aromatic nitrogens is 2. The fraction of sp³-hybridized carbons (Fsp3) is 0.450. The maximum atomic E-state index is 14.2. The highest BCUT2D eigenvalue weighted by Crippen LogP contribution is 2.38. The van der Waals surface area contributed by atoms with Gasteiger partial charge in [-0.3, -0.25) is 9.78 Å². The Kier molecular flexibility index (Phi) is 4.78. The van der Waals surface area contributed by atoms with Gasteiger partial charge in [0.1, 0.15) is 11.6 Å². The average molecular weight is 370 g/mol. The van der Waals surface area contributed by atoms with Crippen molar-refractivity contribution in [2.75, 3.05) is 18.4 Å². The normalized spacial score (nSPS) is 27.3. The molecule has 0 bridgehead atoms. The summed E-state index contributed by atoms with van der Waals surface area (Å²) in [6, 6.07) is 4.57. The summed E-state index contributed by atoms with van der Waals surface area (Å²) >= 11 is 0. The van der Waals surface area contributed by atoms with Gasteiger partial charge in [-0.2, -0.15) is 0 Å². The van der Waals surface area contributed by atoms with Crippen molar-refractivity contribution in [1.82, 2.24) is 14.9 Å². The van der Waals surface area contributed by atoms with Crippen molar-refractivity contribution in [1.29, 1.82) is 0 Å². The minimum absolute atomic E-state index is 0.119. The fourth-order valence-corrected chi connectivity index (χ4v) is 4.28. The Morgan fingerprint density at radius 3 is 2.74 bits per heavy atom. The monoisotopic (exact) mass is 370 g/mol. The molecule has 1 aromatic heterocycles. The molecular weight excluding hydrogens is 347 g/mol. The fourth-order valence-electron chi connectivity index (χ4n) is 4.28. The SMILES string of the molecule is Cc1ccc(C(=O)N2C[C@H]3C[C@@H](Nc4cnccn4)[C@H](O)C[C@H]3C2)c(F)c1. The molecule has 1 aliphatic heterocycles. The molecule has 0 radical (unpaired) electrons. The van der Waals surface area contributed by atoms with Crippen LogP contribution in [0.3, 0.4) is 0 Å². The number of aryl methyl sites for hydroxylation is 1. The summed E-state index contributed by atoms with van der Waals surface area (Å²) in [6.07, 6.45) is 5.67. The molecule has 142 valence electrons. The van der Waals surface area contributed by atoms with Crippen LogP contribution in [0.5, 0.6) is 0 Å². The molecule has 1 saturated carbocycles. The second-order valence-corrected chi connectivity index (χ2v) is 7.59. The lowest BCUT2D eigenvalue weighted by atomic mass is 9.77. The number of likely N-dealkylation sites (tertiary alicyclic amines) is 1. The van der Waals surface area contributed by atoms with Crippen molar-refractivity contribution in [3.05, 3.63) is 53.7 Å². The van der Waals surface area contributed by atoms with Crippen LogP contribution in [0.2, 0.25) is 0 Å². The van der Waals surface area contributed by atoms with Gasteiger partial charge in [0.15, 0.2) is 0 Å². The molecule has 0 spiro atoms. The Hall–Kier alpha value is -2.54. The number of rotatable bonds is 3. The number of hydrogen-bond donors (Lipinski definition) is 2. The Morgan fingerprint density at radius 2 is 2.04 bits per heavy atom. The summed E-state index contributed by atoms with van der Waals surface area (Å²) in [5, 5.41) is 13.8. The van der Waals surface area contributed by atoms with Crippen LogP contribution in [0.1, 0.15) is 28.8 Å². The van der Waals surface area contributed by atoms with E-state index >= 15 is 0 Å². The second kappa shape index (κ2) is 7.23. The molecule has 1 amide bonds. The molecule has 2 aliphatic rings. The molecular formula is C20H23FN4O2. The largest absolute Gasteiger partial charge is 0.391 e. The molecule has 4 rings (SSSR count). The van der Waals surface area contributed by atoms with E-state index in [0.717, 1.165) is 12.0 Å². The van der Waals surface area contributed by atoms with Crippen LogP contribution in [-0.4, -0.2) is 51.1 Å². The number of carbonyl (C=O) groups is 1. The van der Waals surface area contributed by atoms with E-state index in [0.29, 0.717) is 25.3 Å². The van der Waals surface area contributed by atoms with E-state index in [-0.39, 0.29) is 29.3 Å². The van der Waals surface area contributed by atoms with E-state index in [1.165, 1.54) is 6.07 Å². The van der Waals surface area contributed by atoms with Gasteiger partial charge >= 0.3 is 0 Å². The summed E-state index contributed by atoms with van der Waals surface area (Å²) in [5.74, 6) is 0.400. The zero-order valence-electron chi connectivity index (χ0n) is 15.2. The number of halogens is 1. The molecule has 27 heavy (non-hydrogen) atoms. The Bertz CT molecular complexity index is 832. The quantitative estimate of drug-likeness (QED) is 0.866. The van der Waals surface area contributed by atoms with E-state index in [1.807, 2.05) is 0 Å². The molecule has 6 nitrogen and oxygen atoms in total. The topological polar surface area (TPSA) is 78.4 Å². The lowest BCUT2D eigenvalue weighted by molar-refractivity contribution is 0.0726. The first-order valence-corrected chi connectivity index (χ1v) is 9.27. The minimum Gasteiger partial charge on any atom is -0.391 e. The number of nitrogens with zero attached hydrogens (tertiary/aromatic N) is 3. The number of carbonyl (C=O) groups excluding carboxylic acids is 1. The first-order chi connectivity index (χ1) is 13.0. The third-order valence-electron chi connectivity index (χ3n) is 5.68. The van der Waals surface area contributed by atoms with Crippen LogP contribution in [0.4, 0.5) is 10.2 Å². The van der Waals surface area contributed by atoms with Gasteiger partial charge in [-0.1, -0.05) is 6.07 Å². The summed E-state index contributed by atoms with van der Waals surface area (Å²) in [7, 11) is 0. The van der Waals surface area contributed by atoms with Crippen molar-refractivity contribution in [3.63, 3.8) is 0 Å². The molecule has 1 aromatic carbocycles. The predicted molar refractivity (Wildman–Crippen MR) is 98.7 cm³/mol. The highest BCUT2D eigenvalue weighted by Gasteiger charge is 2.43. The molecule has 2 aromatic rings. The van der Waals surface area contributed by atoms with E-state index in [9.17, 15) is 14.3 Å². The molecule has 2 fully saturated rings. The molecule has 0 unspecified atom stereocenters. The first kappa shape index (κ1) is 17.9. The smallest absolute Gasteiger partial charge is 0.256 e. The number of aliphatic hydroxyl groups excluding tert-OH is 1. The highest BCUT2D eigenvalue weighted by molar-refractivity contribution is 5.94. The number of benzene rings is 1.